The van der Waals surface area contributed by atoms with E-state index >= 15 is 0 Å². The van der Waals surface area contributed by atoms with Crippen molar-refractivity contribution in [2.24, 2.45) is 0 Å². The molecule has 4 heteroatoms. The molecule has 0 aliphatic carbocycles. The lowest BCUT2D eigenvalue weighted by molar-refractivity contribution is -0.0106. The molecule has 1 aromatic heterocycles. The molecule has 0 bridgehead atoms. The number of fused-ring (bicyclic) bond motifs is 1. The Hall–Kier alpha value is -1.94. The Labute approximate surface area is 118 Å². The molecule has 1 aliphatic rings. The maximum absolute atomic E-state index is 12.7. The van der Waals surface area contributed by atoms with E-state index < -0.39 is 5.60 Å². The summed E-state index contributed by atoms with van der Waals surface area (Å²) < 4.78 is 0. The van der Waals surface area contributed by atoms with Crippen LogP contribution in [0.3, 0.4) is 0 Å². The molecular formula is C16H18N2O2. The third kappa shape index (κ3) is 2.39. The molecule has 1 atom stereocenters. The molecule has 0 spiro atoms. The fraction of sp³-hybridized carbons (Fsp3) is 0.375. The number of carbonyl (C=O) groups excluding carboxylic acids is 1. The zero-order chi connectivity index (χ0) is 14.2. The van der Waals surface area contributed by atoms with Crippen LogP contribution in [0.2, 0.25) is 0 Å². The lowest BCUT2D eigenvalue weighted by Gasteiger charge is -2.37. The average Bonchev–Trinajstić information content (AvgIpc) is 2.45. The fourth-order valence-corrected chi connectivity index (χ4v) is 2.85. The van der Waals surface area contributed by atoms with E-state index in [2.05, 4.69) is 4.98 Å². The number of hydrogen-bond acceptors (Lipinski definition) is 3. The van der Waals surface area contributed by atoms with Crippen LogP contribution in [0.4, 0.5) is 0 Å². The topological polar surface area (TPSA) is 53.4 Å². The average molecular weight is 270 g/mol. The van der Waals surface area contributed by atoms with E-state index in [0.717, 1.165) is 23.7 Å². The van der Waals surface area contributed by atoms with Gasteiger partial charge in [-0.2, -0.15) is 0 Å². The molecule has 4 nitrogen and oxygen atoms in total. The Morgan fingerprint density at radius 3 is 3.00 bits per heavy atom. The first-order valence-electron chi connectivity index (χ1n) is 6.92. The number of likely N-dealkylation sites (tertiary alicyclic amines) is 1. The molecule has 1 saturated heterocycles. The number of hydrogen-bond donors (Lipinski definition) is 1. The predicted molar refractivity (Wildman–Crippen MR) is 77.5 cm³/mol. The van der Waals surface area contributed by atoms with Crippen molar-refractivity contribution in [2.45, 2.75) is 25.4 Å². The molecule has 3 rings (SSSR count). The highest BCUT2D eigenvalue weighted by Gasteiger charge is 2.31. The number of rotatable bonds is 1. The zero-order valence-corrected chi connectivity index (χ0v) is 11.5. The number of carbonyl (C=O) groups is 1. The molecule has 1 fully saturated rings. The molecule has 1 unspecified atom stereocenters. The number of amides is 1. The smallest absolute Gasteiger partial charge is 0.254 e. The summed E-state index contributed by atoms with van der Waals surface area (Å²) in [5.41, 5.74) is 0.701. The highest BCUT2D eigenvalue weighted by Crippen LogP contribution is 2.24. The fourth-order valence-electron chi connectivity index (χ4n) is 2.85. The summed E-state index contributed by atoms with van der Waals surface area (Å²) in [4.78, 5) is 18.7. The standard InChI is InChI=1S/C16H18N2O2/c1-16(20)8-4-10-18(11-16)15(19)13-5-2-7-14-12(13)6-3-9-17-14/h2-3,5-7,9,20H,4,8,10-11H2,1H3. The molecule has 0 saturated carbocycles. The Bertz CT molecular complexity index is 646. The van der Waals surface area contributed by atoms with Crippen LogP contribution in [0.25, 0.3) is 10.9 Å². The van der Waals surface area contributed by atoms with E-state index in [9.17, 15) is 9.90 Å². The van der Waals surface area contributed by atoms with E-state index in [1.165, 1.54) is 0 Å². The first-order valence-corrected chi connectivity index (χ1v) is 6.92. The van der Waals surface area contributed by atoms with Crippen LogP contribution in [0, 0.1) is 0 Å². The van der Waals surface area contributed by atoms with Gasteiger partial charge >= 0.3 is 0 Å². The Morgan fingerprint density at radius 1 is 1.35 bits per heavy atom. The summed E-state index contributed by atoms with van der Waals surface area (Å²) in [5, 5.41) is 11.0. The van der Waals surface area contributed by atoms with E-state index in [1.54, 1.807) is 18.0 Å². The Morgan fingerprint density at radius 2 is 2.20 bits per heavy atom. The number of aliphatic hydroxyl groups is 1. The monoisotopic (exact) mass is 270 g/mol. The Balaban J connectivity index is 1.97. The minimum absolute atomic E-state index is 0.0245. The van der Waals surface area contributed by atoms with Crippen molar-refractivity contribution >= 4 is 16.8 Å². The van der Waals surface area contributed by atoms with Gasteiger partial charge in [0.1, 0.15) is 0 Å². The second kappa shape index (κ2) is 4.87. The van der Waals surface area contributed by atoms with Crippen LogP contribution in [0.15, 0.2) is 36.5 Å². The van der Waals surface area contributed by atoms with Crippen LogP contribution in [0.1, 0.15) is 30.1 Å². The van der Waals surface area contributed by atoms with Gasteiger partial charge in [-0.15, -0.1) is 0 Å². The first kappa shape index (κ1) is 13.1. The lowest BCUT2D eigenvalue weighted by Crippen LogP contribution is -2.48. The van der Waals surface area contributed by atoms with Gasteiger partial charge in [0.15, 0.2) is 0 Å². The summed E-state index contributed by atoms with van der Waals surface area (Å²) in [6, 6.07) is 9.34. The third-order valence-corrected chi connectivity index (χ3v) is 3.84. The van der Waals surface area contributed by atoms with Gasteiger partial charge in [0.05, 0.1) is 11.1 Å². The van der Waals surface area contributed by atoms with Crippen molar-refractivity contribution in [1.82, 2.24) is 9.88 Å². The van der Waals surface area contributed by atoms with Crippen molar-refractivity contribution in [3.05, 3.63) is 42.1 Å². The molecule has 2 aromatic rings. The van der Waals surface area contributed by atoms with Crippen molar-refractivity contribution < 1.29 is 9.90 Å². The van der Waals surface area contributed by atoms with Crippen LogP contribution < -0.4 is 0 Å². The van der Waals surface area contributed by atoms with Gasteiger partial charge in [-0.25, -0.2) is 0 Å². The molecule has 1 N–H and O–H groups in total. The second-order valence-electron chi connectivity index (χ2n) is 5.70. The van der Waals surface area contributed by atoms with Gasteiger partial charge in [0.2, 0.25) is 0 Å². The quantitative estimate of drug-likeness (QED) is 0.864. The number of piperidine rings is 1. The third-order valence-electron chi connectivity index (χ3n) is 3.84. The van der Waals surface area contributed by atoms with Gasteiger partial charge < -0.3 is 10.0 Å². The van der Waals surface area contributed by atoms with Crippen molar-refractivity contribution in [3.63, 3.8) is 0 Å². The second-order valence-corrected chi connectivity index (χ2v) is 5.70. The molecule has 20 heavy (non-hydrogen) atoms. The summed E-state index contributed by atoms with van der Waals surface area (Å²) >= 11 is 0. The number of benzene rings is 1. The summed E-state index contributed by atoms with van der Waals surface area (Å²) in [6.07, 6.45) is 3.30. The van der Waals surface area contributed by atoms with Crippen molar-refractivity contribution in [1.29, 1.82) is 0 Å². The predicted octanol–water partition coefficient (Wildman–Crippen LogP) is 2.22. The van der Waals surface area contributed by atoms with Gasteiger partial charge in [0.25, 0.3) is 5.91 Å². The normalized spacial score (nSPS) is 23.0. The van der Waals surface area contributed by atoms with Crippen molar-refractivity contribution in [2.75, 3.05) is 13.1 Å². The summed E-state index contributed by atoms with van der Waals surface area (Å²) in [7, 11) is 0. The highest BCUT2D eigenvalue weighted by molar-refractivity contribution is 6.06. The maximum atomic E-state index is 12.7. The summed E-state index contributed by atoms with van der Waals surface area (Å²) in [5.74, 6) is -0.0245. The van der Waals surface area contributed by atoms with Crippen LogP contribution >= 0.6 is 0 Å². The largest absolute Gasteiger partial charge is 0.388 e. The van der Waals surface area contributed by atoms with Crippen LogP contribution in [-0.2, 0) is 0 Å². The number of aromatic nitrogens is 1. The van der Waals surface area contributed by atoms with Gasteiger partial charge in [0, 0.05) is 30.2 Å². The van der Waals surface area contributed by atoms with Crippen LogP contribution in [-0.4, -0.2) is 39.6 Å². The van der Waals surface area contributed by atoms with E-state index in [4.69, 9.17) is 0 Å². The molecule has 1 aliphatic heterocycles. The maximum Gasteiger partial charge on any atom is 0.254 e. The molecule has 2 heterocycles. The molecule has 0 radical (unpaired) electrons. The van der Waals surface area contributed by atoms with Gasteiger partial charge in [-0.1, -0.05) is 12.1 Å². The van der Waals surface area contributed by atoms with E-state index in [1.807, 2.05) is 30.3 Å². The molecule has 1 aromatic carbocycles. The Kier molecular flexibility index (Phi) is 3.18. The van der Waals surface area contributed by atoms with E-state index in [-0.39, 0.29) is 5.91 Å². The molecule has 1 amide bonds. The van der Waals surface area contributed by atoms with Gasteiger partial charge in [-0.3, -0.25) is 9.78 Å². The summed E-state index contributed by atoms with van der Waals surface area (Å²) in [6.45, 7) is 2.88. The van der Waals surface area contributed by atoms with Crippen molar-refractivity contribution in [3.8, 4) is 0 Å². The highest BCUT2D eigenvalue weighted by atomic mass is 16.3. The number of pyridine rings is 1. The molecule has 104 valence electrons. The molecular weight excluding hydrogens is 252 g/mol. The first-order chi connectivity index (χ1) is 9.57. The minimum atomic E-state index is -0.781. The van der Waals surface area contributed by atoms with E-state index in [0.29, 0.717) is 18.7 Å². The minimum Gasteiger partial charge on any atom is -0.388 e. The number of nitrogens with zero attached hydrogens (tertiary/aromatic N) is 2. The number of β-amino-alcohol motifs (C(OH)–C–C–N with tert-alkyl or cyclic N) is 1. The zero-order valence-electron chi connectivity index (χ0n) is 11.5. The SMILES string of the molecule is CC1(O)CCCN(C(=O)c2cccc3ncccc23)C1. The van der Waals surface area contributed by atoms with Gasteiger partial charge in [-0.05, 0) is 38.0 Å². The van der Waals surface area contributed by atoms with Crippen LogP contribution in [0.5, 0.6) is 0 Å². The lowest BCUT2D eigenvalue weighted by atomic mass is 9.94.